The molecule has 1 nitrogen and oxygen atoms in total. The third-order valence-corrected chi connectivity index (χ3v) is 3.52. The smallest absolute Gasteiger partial charge is 0.176 e. The molecule has 94 valence electrons. The molecule has 1 aliphatic rings. The van der Waals surface area contributed by atoms with Crippen LogP contribution in [0.3, 0.4) is 0 Å². The molecule has 0 bridgehead atoms. The van der Waals surface area contributed by atoms with E-state index in [4.69, 9.17) is 0 Å². The summed E-state index contributed by atoms with van der Waals surface area (Å²) in [5.41, 5.74) is 2.66. The molecule has 0 radical (unpaired) electrons. The van der Waals surface area contributed by atoms with Crippen molar-refractivity contribution in [1.29, 1.82) is 0 Å². The maximum atomic E-state index is 2.34. The highest BCUT2D eigenvalue weighted by atomic mass is 15.0. The van der Waals surface area contributed by atoms with Gasteiger partial charge in [-0.25, -0.2) is 4.58 Å². The Labute approximate surface area is 114 Å². The SMILES string of the molecule is C1=C[N+](=Cc2ccccc2)C(Cc2ccccc2)C1. The van der Waals surface area contributed by atoms with Crippen molar-refractivity contribution in [1.82, 2.24) is 0 Å². The van der Waals surface area contributed by atoms with E-state index in [0.29, 0.717) is 6.04 Å². The number of rotatable bonds is 3. The second kappa shape index (κ2) is 5.66. The second-order valence-electron chi connectivity index (χ2n) is 4.95. The van der Waals surface area contributed by atoms with Crippen molar-refractivity contribution >= 4 is 6.21 Å². The first-order chi connectivity index (χ1) is 9.42. The van der Waals surface area contributed by atoms with Gasteiger partial charge in [-0.3, -0.25) is 0 Å². The molecule has 0 saturated carbocycles. The molecule has 1 unspecified atom stereocenters. The minimum Gasteiger partial charge on any atom is -0.202 e. The largest absolute Gasteiger partial charge is 0.202 e. The number of hydrogen-bond acceptors (Lipinski definition) is 0. The molecule has 0 aliphatic carbocycles. The Bertz CT molecular complexity index is 582. The summed E-state index contributed by atoms with van der Waals surface area (Å²) in [6.07, 6.45) is 8.90. The van der Waals surface area contributed by atoms with Crippen LogP contribution in [-0.2, 0) is 6.42 Å². The number of benzene rings is 2. The fourth-order valence-corrected chi connectivity index (χ4v) is 2.52. The van der Waals surface area contributed by atoms with Gasteiger partial charge in [0.2, 0.25) is 0 Å². The van der Waals surface area contributed by atoms with Crippen molar-refractivity contribution in [2.75, 3.05) is 0 Å². The molecular formula is C18H18N+. The molecule has 3 rings (SSSR count). The first-order valence-corrected chi connectivity index (χ1v) is 6.80. The van der Waals surface area contributed by atoms with E-state index in [0.717, 1.165) is 12.8 Å². The topological polar surface area (TPSA) is 3.01 Å². The maximum absolute atomic E-state index is 2.34. The second-order valence-corrected chi connectivity index (χ2v) is 4.95. The molecule has 0 aromatic heterocycles. The number of hydrogen-bond donors (Lipinski definition) is 0. The van der Waals surface area contributed by atoms with Crippen molar-refractivity contribution in [2.24, 2.45) is 0 Å². The van der Waals surface area contributed by atoms with E-state index < -0.39 is 0 Å². The van der Waals surface area contributed by atoms with Crippen LogP contribution in [0.4, 0.5) is 0 Å². The zero-order chi connectivity index (χ0) is 12.9. The highest BCUT2D eigenvalue weighted by molar-refractivity contribution is 5.75. The van der Waals surface area contributed by atoms with Crippen LogP contribution >= 0.6 is 0 Å². The molecular weight excluding hydrogens is 230 g/mol. The van der Waals surface area contributed by atoms with Crippen LogP contribution in [0.15, 0.2) is 72.9 Å². The summed E-state index contributed by atoms with van der Waals surface area (Å²) in [6.45, 7) is 0. The van der Waals surface area contributed by atoms with E-state index in [9.17, 15) is 0 Å². The average Bonchev–Trinajstić information content (AvgIpc) is 2.88. The molecule has 2 aromatic carbocycles. The molecule has 1 heteroatoms. The molecule has 1 heterocycles. The van der Waals surface area contributed by atoms with Crippen molar-refractivity contribution in [3.8, 4) is 0 Å². The van der Waals surface area contributed by atoms with E-state index in [1.807, 2.05) is 0 Å². The highest BCUT2D eigenvalue weighted by Gasteiger charge is 2.23. The monoisotopic (exact) mass is 248 g/mol. The van der Waals surface area contributed by atoms with Crippen LogP contribution in [0.25, 0.3) is 0 Å². The van der Waals surface area contributed by atoms with E-state index >= 15 is 0 Å². The Morgan fingerprint density at radius 1 is 0.947 bits per heavy atom. The van der Waals surface area contributed by atoms with Gasteiger partial charge in [0, 0.05) is 18.4 Å². The minimum absolute atomic E-state index is 0.544. The Morgan fingerprint density at radius 2 is 1.63 bits per heavy atom. The van der Waals surface area contributed by atoms with Gasteiger partial charge in [-0.2, -0.15) is 0 Å². The summed E-state index contributed by atoms with van der Waals surface area (Å²) in [7, 11) is 0. The lowest BCUT2D eigenvalue weighted by atomic mass is 10.0. The first kappa shape index (κ1) is 11.9. The molecule has 0 saturated heterocycles. The summed E-state index contributed by atoms with van der Waals surface area (Å²) >= 11 is 0. The Morgan fingerprint density at radius 3 is 2.37 bits per heavy atom. The van der Waals surface area contributed by atoms with Crippen LogP contribution in [0.5, 0.6) is 0 Å². The van der Waals surface area contributed by atoms with Gasteiger partial charge in [-0.15, -0.1) is 0 Å². The van der Waals surface area contributed by atoms with Gasteiger partial charge >= 0.3 is 0 Å². The quantitative estimate of drug-likeness (QED) is 0.729. The number of nitrogens with zero attached hydrogens (tertiary/aromatic N) is 1. The van der Waals surface area contributed by atoms with Crippen molar-refractivity contribution in [3.05, 3.63) is 84.1 Å². The van der Waals surface area contributed by atoms with Gasteiger partial charge in [0.25, 0.3) is 0 Å². The molecule has 0 fully saturated rings. The van der Waals surface area contributed by atoms with Gasteiger partial charge in [-0.05, 0) is 23.8 Å². The van der Waals surface area contributed by atoms with Gasteiger partial charge in [0.05, 0.1) is 0 Å². The van der Waals surface area contributed by atoms with Gasteiger partial charge in [0.1, 0.15) is 0 Å². The molecule has 19 heavy (non-hydrogen) atoms. The minimum atomic E-state index is 0.544. The van der Waals surface area contributed by atoms with Gasteiger partial charge in [-0.1, -0.05) is 48.5 Å². The Balaban J connectivity index is 1.78. The summed E-state index contributed by atoms with van der Waals surface area (Å²) in [6, 6.07) is 21.8. The van der Waals surface area contributed by atoms with Crippen LogP contribution in [0.1, 0.15) is 17.5 Å². The van der Waals surface area contributed by atoms with Gasteiger partial charge < -0.3 is 0 Å². The summed E-state index contributed by atoms with van der Waals surface area (Å²) < 4.78 is 2.34. The zero-order valence-corrected chi connectivity index (χ0v) is 10.9. The van der Waals surface area contributed by atoms with Gasteiger partial charge in [0.15, 0.2) is 18.5 Å². The fourth-order valence-electron chi connectivity index (χ4n) is 2.52. The molecule has 2 aromatic rings. The van der Waals surface area contributed by atoms with Crippen molar-refractivity contribution in [3.63, 3.8) is 0 Å². The first-order valence-electron chi connectivity index (χ1n) is 6.80. The lowest BCUT2D eigenvalue weighted by Gasteiger charge is -2.07. The normalized spacial score (nSPS) is 20.0. The van der Waals surface area contributed by atoms with E-state index in [1.165, 1.54) is 11.1 Å². The van der Waals surface area contributed by atoms with Crippen LogP contribution < -0.4 is 0 Å². The zero-order valence-electron chi connectivity index (χ0n) is 10.9. The van der Waals surface area contributed by atoms with Crippen LogP contribution in [0.2, 0.25) is 0 Å². The average molecular weight is 248 g/mol. The Hall–Kier alpha value is -2.15. The summed E-state index contributed by atoms with van der Waals surface area (Å²) in [5, 5.41) is 0. The summed E-state index contributed by atoms with van der Waals surface area (Å²) in [4.78, 5) is 0. The van der Waals surface area contributed by atoms with E-state index in [-0.39, 0.29) is 0 Å². The third kappa shape index (κ3) is 3.00. The van der Waals surface area contributed by atoms with E-state index in [1.54, 1.807) is 0 Å². The molecule has 0 N–H and O–H groups in total. The van der Waals surface area contributed by atoms with Crippen molar-refractivity contribution in [2.45, 2.75) is 18.9 Å². The fraction of sp³-hybridized carbons (Fsp3) is 0.167. The molecule has 1 atom stereocenters. The van der Waals surface area contributed by atoms with Crippen molar-refractivity contribution < 1.29 is 4.58 Å². The Kier molecular flexibility index (Phi) is 3.55. The molecule has 0 spiro atoms. The predicted octanol–water partition coefficient (Wildman–Crippen LogP) is 3.65. The van der Waals surface area contributed by atoms with E-state index in [2.05, 4.69) is 83.7 Å². The highest BCUT2D eigenvalue weighted by Crippen LogP contribution is 2.15. The lowest BCUT2D eigenvalue weighted by molar-refractivity contribution is -0.484. The van der Waals surface area contributed by atoms with Crippen LogP contribution in [0, 0.1) is 0 Å². The molecule has 0 amide bonds. The van der Waals surface area contributed by atoms with Crippen LogP contribution in [-0.4, -0.2) is 16.8 Å². The molecule has 1 aliphatic heterocycles. The predicted molar refractivity (Wildman–Crippen MR) is 79.6 cm³/mol. The lowest BCUT2D eigenvalue weighted by Crippen LogP contribution is -2.21. The maximum Gasteiger partial charge on any atom is 0.176 e. The third-order valence-electron chi connectivity index (χ3n) is 3.52. The standard InChI is InChI=1S/C18H18N/c1-3-8-16(9-4-1)14-18-12-7-13-19(18)15-17-10-5-2-6-11-17/h1-11,13,15,18H,12,14H2/q+1. The summed E-state index contributed by atoms with van der Waals surface area (Å²) in [5.74, 6) is 0.